The molecule has 0 aromatic heterocycles. The van der Waals surface area contributed by atoms with Gasteiger partial charge in [-0.15, -0.1) is 0 Å². The lowest BCUT2D eigenvalue weighted by molar-refractivity contribution is -0.158. The van der Waals surface area contributed by atoms with Crippen LogP contribution in [-0.4, -0.2) is 52.4 Å². The van der Waals surface area contributed by atoms with E-state index in [0.717, 1.165) is 37.0 Å². The number of imide groups is 1. The fourth-order valence-electron chi connectivity index (χ4n) is 6.84. The van der Waals surface area contributed by atoms with Gasteiger partial charge in [0.05, 0.1) is 0 Å². The number of esters is 1. The van der Waals surface area contributed by atoms with Gasteiger partial charge in [-0.1, -0.05) is 0 Å². The van der Waals surface area contributed by atoms with Crippen molar-refractivity contribution in [2.45, 2.75) is 82.4 Å². The SMILES string of the molecule is C[C@H](OC(=O)CN1C(=O)N[C@@](C)(C2CC2)C1=O)C(=O)NC12CC3CC(CC(C3)C1)C2. The van der Waals surface area contributed by atoms with Crippen molar-refractivity contribution in [3.05, 3.63) is 0 Å². The van der Waals surface area contributed by atoms with Crippen LogP contribution in [0.4, 0.5) is 4.79 Å². The lowest BCUT2D eigenvalue weighted by Crippen LogP contribution is -2.61. The number of hydrogen-bond donors (Lipinski definition) is 2. The molecule has 0 aromatic rings. The molecule has 30 heavy (non-hydrogen) atoms. The summed E-state index contributed by atoms with van der Waals surface area (Å²) in [6.07, 6.45) is 7.74. The standard InChI is InChI=1S/C22H31N3O5/c1-12(18(27)23-22-8-13-5-14(9-22)7-15(6-13)10-22)30-17(26)11-25-19(28)21(2,16-3-4-16)24-20(25)29/h12-16H,3-11H2,1-2H3,(H,23,27)(H,24,29)/t12-,13?,14?,15?,21-,22?/m0/s1. The Balaban J connectivity index is 1.16. The van der Waals surface area contributed by atoms with Crippen molar-refractivity contribution in [3.8, 4) is 0 Å². The molecule has 164 valence electrons. The second-order valence-corrected chi connectivity index (χ2v) is 10.6. The van der Waals surface area contributed by atoms with Crippen LogP contribution in [0.3, 0.4) is 0 Å². The minimum atomic E-state index is -0.957. The van der Waals surface area contributed by atoms with E-state index in [4.69, 9.17) is 4.74 Å². The van der Waals surface area contributed by atoms with Crippen LogP contribution in [0.25, 0.3) is 0 Å². The van der Waals surface area contributed by atoms with Crippen molar-refractivity contribution in [2.24, 2.45) is 23.7 Å². The zero-order chi connectivity index (χ0) is 21.3. The molecular formula is C22H31N3O5. The van der Waals surface area contributed by atoms with Crippen molar-refractivity contribution in [1.29, 1.82) is 0 Å². The molecule has 1 heterocycles. The van der Waals surface area contributed by atoms with Crippen molar-refractivity contribution in [2.75, 3.05) is 6.54 Å². The largest absolute Gasteiger partial charge is 0.451 e. The monoisotopic (exact) mass is 417 g/mol. The first-order chi connectivity index (χ1) is 14.2. The topological polar surface area (TPSA) is 105 Å². The Labute approximate surface area is 176 Å². The van der Waals surface area contributed by atoms with Gasteiger partial charge in [0.2, 0.25) is 0 Å². The maximum absolute atomic E-state index is 12.8. The molecule has 4 amide bonds. The molecule has 2 atom stereocenters. The molecule has 0 spiro atoms. The van der Waals surface area contributed by atoms with Crippen LogP contribution in [0, 0.1) is 23.7 Å². The molecule has 5 aliphatic carbocycles. The van der Waals surface area contributed by atoms with E-state index in [0.29, 0.717) is 17.8 Å². The van der Waals surface area contributed by atoms with Gasteiger partial charge in [-0.3, -0.25) is 19.3 Å². The van der Waals surface area contributed by atoms with E-state index in [-0.39, 0.29) is 17.4 Å². The number of carbonyl (C=O) groups excluding carboxylic acids is 4. The quantitative estimate of drug-likeness (QED) is 0.506. The van der Waals surface area contributed by atoms with Crippen LogP contribution in [0.2, 0.25) is 0 Å². The Morgan fingerprint density at radius 1 is 1.13 bits per heavy atom. The van der Waals surface area contributed by atoms with Crippen LogP contribution in [0.1, 0.15) is 65.2 Å². The fourth-order valence-corrected chi connectivity index (χ4v) is 6.84. The van der Waals surface area contributed by atoms with Crippen molar-refractivity contribution >= 4 is 23.8 Å². The Bertz CT molecular complexity index is 771. The summed E-state index contributed by atoms with van der Waals surface area (Å²) in [5.74, 6) is 0.814. The first kappa shape index (κ1) is 19.8. The molecule has 8 heteroatoms. The number of nitrogens with zero attached hydrogens (tertiary/aromatic N) is 1. The number of rotatable bonds is 6. The summed E-state index contributed by atoms with van der Waals surface area (Å²) in [6.45, 7) is 2.79. The van der Waals surface area contributed by atoms with E-state index in [9.17, 15) is 19.2 Å². The summed E-state index contributed by atoms with van der Waals surface area (Å²) in [6, 6.07) is -0.572. The zero-order valence-electron chi connectivity index (χ0n) is 17.7. The molecule has 0 unspecified atom stereocenters. The van der Waals surface area contributed by atoms with Crippen LogP contribution < -0.4 is 10.6 Å². The normalized spacial score (nSPS) is 40.3. The fraction of sp³-hybridized carbons (Fsp3) is 0.818. The Morgan fingerprint density at radius 2 is 1.70 bits per heavy atom. The Hall–Kier alpha value is -2.12. The van der Waals surface area contributed by atoms with Gasteiger partial charge in [-0.2, -0.15) is 0 Å². The minimum Gasteiger partial charge on any atom is -0.451 e. The number of ether oxygens (including phenoxy) is 1. The molecule has 6 aliphatic rings. The maximum atomic E-state index is 12.8. The molecule has 6 fully saturated rings. The third kappa shape index (κ3) is 3.28. The van der Waals surface area contributed by atoms with E-state index in [2.05, 4.69) is 10.6 Å². The van der Waals surface area contributed by atoms with Gasteiger partial charge in [-0.05, 0) is 88.9 Å². The summed E-state index contributed by atoms with van der Waals surface area (Å²) in [5, 5.41) is 5.91. The number of amides is 4. The van der Waals surface area contributed by atoms with Gasteiger partial charge < -0.3 is 15.4 Å². The first-order valence-electron chi connectivity index (χ1n) is 11.3. The molecular weight excluding hydrogens is 386 g/mol. The van der Waals surface area contributed by atoms with Gasteiger partial charge in [-0.25, -0.2) is 4.79 Å². The Morgan fingerprint density at radius 3 is 2.23 bits per heavy atom. The summed E-state index contributed by atoms with van der Waals surface area (Å²) in [4.78, 5) is 50.9. The minimum absolute atomic E-state index is 0.125. The highest BCUT2D eigenvalue weighted by atomic mass is 16.5. The summed E-state index contributed by atoms with van der Waals surface area (Å²) >= 11 is 0. The average Bonchev–Trinajstić information content (AvgIpc) is 3.46. The second kappa shape index (κ2) is 6.69. The van der Waals surface area contributed by atoms with Gasteiger partial charge in [0.25, 0.3) is 11.8 Å². The van der Waals surface area contributed by atoms with E-state index in [1.54, 1.807) is 13.8 Å². The second-order valence-electron chi connectivity index (χ2n) is 10.6. The lowest BCUT2D eigenvalue weighted by atomic mass is 9.53. The van der Waals surface area contributed by atoms with Gasteiger partial charge in [0, 0.05) is 5.54 Å². The number of nitrogens with one attached hydrogen (secondary N) is 2. The van der Waals surface area contributed by atoms with Crippen LogP contribution >= 0.6 is 0 Å². The molecule has 1 aliphatic heterocycles. The number of hydrogen-bond acceptors (Lipinski definition) is 5. The zero-order valence-corrected chi connectivity index (χ0v) is 17.7. The molecule has 0 radical (unpaired) electrons. The van der Waals surface area contributed by atoms with E-state index in [1.807, 2.05) is 0 Å². The van der Waals surface area contributed by atoms with Crippen molar-refractivity contribution < 1.29 is 23.9 Å². The summed E-state index contributed by atoms with van der Waals surface area (Å²) in [5.41, 5.74) is -1.08. The third-order valence-electron chi connectivity index (χ3n) is 8.09. The number of urea groups is 1. The predicted octanol–water partition coefficient (Wildman–Crippen LogP) is 1.72. The smallest absolute Gasteiger partial charge is 0.327 e. The third-order valence-corrected chi connectivity index (χ3v) is 8.09. The number of carbonyl (C=O) groups is 4. The molecule has 6 rings (SSSR count). The van der Waals surface area contributed by atoms with E-state index in [1.165, 1.54) is 19.3 Å². The highest BCUT2D eigenvalue weighted by Crippen LogP contribution is 2.55. The summed E-state index contributed by atoms with van der Waals surface area (Å²) in [7, 11) is 0. The van der Waals surface area contributed by atoms with Crippen molar-refractivity contribution in [1.82, 2.24) is 15.5 Å². The van der Waals surface area contributed by atoms with Crippen LogP contribution in [-0.2, 0) is 19.1 Å². The van der Waals surface area contributed by atoms with Gasteiger partial charge >= 0.3 is 12.0 Å². The molecule has 5 saturated carbocycles. The highest BCUT2D eigenvalue weighted by Gasteiger charge is 2.56. The van der Waals surface area contributed by atoms with E-state index >= 15 is 0 Å². The molecule has 4 bridgehead atoms. The predicted molar refractivity (Wildman–Crippen MR) is 106 cm³/mol. The highest BCUT2D eigenvalue weighted by molar-refractivity contribution is 6.08. The van der Waals surface area contributed by atoms with Gasteiger partial charge in [0.1, 0.15) is 12.1 Å². The molecule has 2 N–H and O–H groups in total. The van der Waals surface area contributed by atoms with Crippen molar-refractivity contribution in [3.63, 3.8) is 0 Å². The first-order valence-corrected chi connectivity index (χ1v) is 11.3. The molecule has 0 aromatic carbocycles. The average molecular weight is 418 g/mol. The molecule has 8 nitrogen and oxygen atoms in total. The van der Waals surface area contributed by atoms with Gasteiger partial charge in [0.15, 0.2) is 6.10 Å². The maximum Gasteiger partial charge on any atom is 0.327 e. The van der Waals surface area contributed by atoms with Crippen LogP contribution in [0.5, 0.6) is 0 Å². The van der Waals surface area contributed by atoms with Crippen LogP contribution in [0.15, 0.2) is 0 Å². The lowest BCUT2D eigenvalue weighted by Gasteiger charge is -2.57. The molecule has 1 saturated heterocycles. The van der Waals surface area contributed by atoms with E-state index < -0.39 is 36.1 Å². The Kier molecular flexibility index (Phi) is 4.42. The summed E-state index contributed by atoms with van der Waals surface area (Å²) < 4.78 is 5.30.